The van der Waals surface area contributed by atoms with Crippen LogP contribution in [0.15, 0.2) is 18.2 Å². The van der Waals surface area contributed by atoms with Crippen molar-refractivity contribution in [2.75, 3.05) is 39.3 Å². The Morgan fingerprint density at radius 2 is 2.15 bits per heavy atom. The van der Waals surface area contributed by atoms with Crippen LogP contribution in [0.1, 0.15) is 6.92 Å². The molecule has 1 aliphatic rings. The Morgan fingerprint density at radius 1 is 1.40 bits per heavy atom. The summed E-state index contributed by atoms with van der Waals surface area (Å²) in [6, 6.07) is 5.31. The topological polar surface area (TPSA) is 68.6 Å². The molecular weight excluding hydrogens is 258 g/mol. The second-order valence-corrected chi connectivity index (χ2v) is 5.33. The molecule has 1 aromatic carbocycles. The van der Waals surface area contributed by atoms with Crippen LogP contribution in [0.5, 0.6) is 11.5 Å². The van der Waals surface area contributed by atoms with Gasteiger partial charge in [0.15, 0.2) is 17.5 Å². The highest BCUT2D eigenvalue weighted by Gasteiger charge is 2.18. The quantitative estimate of drug-likeness (QED) is 0.591. The molecule has 1 aromatic rings. The zero-order valence-corrected chi connectivity index (χ0v) is 12.2. The van der Waals surface area contributed by atoms with Gasteiger partial charge < -0.3 is 25.0 Å². The van der Waals surface area contributed by atoms with E-state index in [4.69, 9.17) is 9.47 Å². The minimum Gasteiger partial charge on any atom is -0.454 e. The summed E-state index contributed by atoms with van der Waals surface area (Å²) >= 11 is 0. The van der Waals surface area contributed by atoms with Gasteiger partial charge >= 0.3 is 0 Å². The third kappa shape index (κ3) is 3.85. The lowest BCUT2D eigenvalue weighted by Crippen LogP contribution is -3.10. The number of carbonyl (C=O) groups is 1. The highest BCUT2D eigenvalue weighted by molar-refractivity contribution is 5.93. The van der Waals surface area contributed by atoms with Gasteiger partial charge in [-0.2, -0.15) is 0 Å². The van der Waals surface area contributed by atoms with Crippen molar-refractivity contribution < 1.29 is 24.5 Å². The molecule has 4 N–H and O–H groups in total. The molecular formula is C14H23N3O3+2. The summed E-state index contributed by atoms with van der Waals surface area (Å²) in [4.78, 5) is 13.4. The van der Waals surface area contributed by atoms with Gasteiger partial charge in [0, 0.05) is 11.8 Å². The molecule has 0 spiro atoms. The molecule has 0 fully saturated rings. The molecule has 0 bridgehead atoms. The predicted octanol–water partition coefficient (Wildman–Crippen LogP) is -1.55. The first-order valence-electron chi connectivity index (χ1n) is 6.89. The fourth-order valence-electron chi connectivity index (χ4n) is 1.96. The lowest BCUT2D eigenvalue weighted by Gasteiger charge is -2.12. The molecule has 6 heteroatoms. The van der Waals surface area contributed by atoms with Crippen molar-refractivity contribution >= 4 is 11.6 Å². The minimum absolute atomic E-state index is 0.00220. The van der Waals surface area contributed by atoms with Gasteiger partial charge in [0.1, 0.15) is 13.1 Å². The summed E-state index contributed by atoms with van der Waals surface area (Å²) in [5.41, 5.74) is 0.734. The van der Waals surface area contributed by atoms with Crippen LogP contribution in [0.3, 0.4) is 0 Å². The number of nitrogens with two attached hydrogens (primary N) is 1. The van der Waals surface area contributed by atoms with Gasteiger partial charge in [-0.3, -0.25) is 4.79 Å². The highest BCUT2D eigenvalue weighted by Crippen LogP contribution is 2.34. The summed E-state index contributed by atoms with van der Waals surface area (Å²) in [7, 11) is 4.20. The maximum absolute atomic E-state index is 12.1. The first kappa shape index (κ1) is 14.6. The standard InChI is InChI=1S/C14H21N3O3/c1-10(15-6-7-17(2)3)14(18)16-11-4-5-12-13(8-11)20-9-19-12/h4-5,8,10,15H,6-7,9H2,1-3H3,(H,16,18)/p+2/t10-/m1/s1. The smallest absolute Gasteiger partial charge is 0.282 e. The van der Waals surface area contributed by atoms with E-state index in [-0.39, 0.29) is 18.7 Å². The second-order valence-electron chi connectivity index (χ2n) is 5.33. The van der Waals surface area contributed by atoms with Crippen LogP contribution >= 0.6 is 0 Å². The first-order chi connectivity index (χ1) is 9.56. The molecule has 1 atom stereocenters. The van der Waals surface area contributed by atoms with Gasteiger partial charge in [0.05, 0.1) is 14.1 Å². The Hall–Kier alpha value is -1.79. The van der Waals surface area contributed by atoms with E-state index in [0.717, 1.165) is 24.5 Å². The molecule has 6 nitrogen and oxygen atoms in total. The molecule has 0 radical (unpaired) electrons. The number of amides is 1. The van der Waals surface area contributed by atoms with E-state index < -0.39 is 0 Å². The molecule has 0 unspecified atom stereocenters. The van der Waals surface area contributed by atoms with E-state index in [9.17, 15) is 4.79 Å². The van der Waals surface area contributed by atoms with Crippen molar-refractivity contribution in [3.8, 4) is 11.5 Å². The van der Waals surface area contributed by atoms with E-state index in [0.29, 0.717) is 5.75 Å². The van der Waals surface area contributed by atoms with Crippen LogP contribution in [0.4, 0.5) is 5.69 Å². The zero-order chi connectivity index (χ0) is 14.5. The van der Waals surface area contributed by atoms with Crippen LogP contribution in [-0.4, -0.2) is 45.9 Å². The Balaban J connectivity index is 1.84. The highest BCUT2D eigenvalue weighted by atomic mass is 16.7. The van der Waals surface area contributed by atoms with Gasteiger partial charge in [-0.1, -0.05) is 0 Å². The molecule has 110 valence electrons. The molecule has 0 saturated heterocycles. The van der Waals surface area contributed by atoms with Crippen LogP contribution in [0.25, 0.3) is 0 Å². The van der Waals surface area contributed by atoms with Crippen LogP contribution in [-0.2, 0) is 4.79 Å². The summed E-state index contributed by atoms with van der Waals surface area (Å²) in [6.07, 6.45) is 0. The van der Waals surface area contributed by atoms with Gasteiger partial charge in [0.25, 0.3) is 5.91 Å². The second kappa shape index (κ2) is 6.58. The predicted molar refractivity (Wildman–Crippen MR) is 75.1 cm³/mol. The number of quaternary nitrogens is 2. The molecule has 1 heterocycles. The number of nitrogens with one attached hydrogen (secondary N) is 2. The van der Waals surface area contributed by atoms with E-state index in [2.05, 4.69) is 24.7 Å². The lowest BCUT2D eigenvalue weighted by molar-refractivity contribution is -0.875. The molecule has 2 rings (SSSR count). The SMILES string of the molecule is C[C@@H]([NH2+]CC[NH+](C)C)C(=O)Nc1ccc2c(c1)OCO2. The van der Waals surface area contributed by atoms with Gasteiger partial charge in [0.2, 0.25) is 6.79 Å². The number of hydrogen-bond donors (Lipinski definition) is 3. The molecule has 20 heavy (non-hydrogen) atoms. The summed E-state index contributed by atoms with van der Waals surface area (Å²) in [6.45, 7) is 4.11. The molecule has 1 amide bonds. The van der Waals surface area contributed by atoms with E-state index in [1.807, 2.05) is 19.1 Å². The maximum atomic E-state index is 12.1. The zero-order valence-electron chi connectivity index (χ0n) is 12.2. The third-order valence-corrected chi connectivity index (χ3v) is 3.22. The number of hydrogen-bond acceptors (Lipinski definition) is 3. The number of anilines is 1. The van der Waals surface area contributed by atoms with Crippen molar-refractivity contribution in [1.82, 2.24) is 0 Å². The van der Waals surface area contributed by atoms with Crippen molar-refractivity contribution in [2.45, 2.75) is 13.0 Å². The normalized spacial score (nSPS) is 14.4. The van der Waals surface area contributed by atoms with Crippen LogP contribution in [0, 0.1) is 0 Å². The maximum Gasteiger partial charge on any atom is 0.282 e. The van der Waals surface area contributed by atoms with Crippen molar-refractivity contribution in [3.63, 3.8) is 0 Å². The van der Waals surface area contributed by atoms with Crippen LogP contribution < -0.4 is 25.0 Å². The van der Waals surface area contributed by atoms with Crippen molar-refractivity contribution in [1.29, 1.82) is 0 Å². The van der Waals surface area contributed by atoms with Gasteiger partial charge in [-0.15, -0.1) is 0 Å². The number of benzene rings is 1. The largest absolute Gasteiger partial charge is 0.454 e. The monoisotopic (exact) mass is 281 g/mol. The third-order valence-electron chi connectivity index (χ3n) is 3.22. The number of rotatable bonds is 6. The fraction of sp³-hybridized carbons (Fsp3) is 0.500. The van der Waals surface area contributed by atoms with E-state index >= 15 is 0 Å². The summed E-state index contributed by atoms with van der Waals surface area (Å²) in [5.74, 6) is 1.39. The summed E-state index contributed by atoms with van der Waals surface area (Å²) < 4.78 is 10.5. The molecule has 1 aliphatic heterocycles. The summed E-state index contributed by atoms with van der Waals surface area (Å²) in [5, 5.41) is 4.95. The molecule has 0 aliphatic carbocycles. The average molecular weight is 281 g/mol. The average Bonchev–Trinajstić information content (AvgIpc) is 2.85. The Bertz CT molecular complexity index is 477. The van der Waals surface area contributed by atoms with Crippen molar-refractivity contribution in [3.05, 3.63) is 18.2 Å². The number of likely N-dealkylation sites (N-methyl/N-ethyl adjacent to an activating group) is 1. The number of carbonyl (C=O) groups excluding carboxylic acids is 1. The Kier molecular flexibility index (Phi) is 4.81. The van der Waals surface area contributed by atoms with Gasteiger partial charge in [-0.25, -0.2) is 0 Å². The minimum atomic E-state index is -0.111. The number of ether oxygens (including phenoxy) is 2. The lowest BCUT2D eigenvalue weighted by atomic mass is 10.2. The van der Waals surface area contributed by atoms with E-state index in [1.54, 1.807) is 6.07 Å². The fourth-order valence-corrected chi connectivity index (χ4v) is 1.96. The Labute approximate surface area is 119 Å². The van der Waals surface area contributed by atoms with E-state index in [1.165, 1.54) is 4.90 Å². The first-order valence-corrected chi connectivity index (χ1v) is 6.89. The van der Waals surface area contributed by atoms with Gasteiger partial charge in [-0.05, 0) is 19.1 Å². The van der Waals surface area contributed by atoms with Crippen molar-refractivity contribution in [2.24, 2.45) is 0 Å². The molecule has 0 aromatic heterocycles. The Morgan fingerprint density at radius 3 is 2.90 bits per heavy atom. The van der Waals surface area contributed by atoms with Crippen LogP contribution in [0.2, 0.25) is 0 Å². The number of fused-ring (bicyclic) bond motifs is 1. The molecule has 0 saturated carbocycles.